The minimum Gasteiger partial charge on any atom is -0.508 e. The number of hydrogen-bond acceptors (Lipinski definition) is 18. The van der Waals surface area contributed by atoms with E-state index in [9.17, 15) is 54.2 Å². The molecule has 0 atom stereocenters. The van der Waals surface area contributed by atoms with Crippen molar-refractivity contribution in [3.05, 3.63) is 115 Å². The third-order valence-corrected chi connectivity index (χ3v) is 11.3. The highest BCUT2D eigenvalue weighted by molar-refractivity contribution is 7.86. The van der Waals surface area contributed by atoms with E-state index in [1.807, 2.05) is 0 Å². The lowest BCUT2D eigenvalue weighted by Gasteiger charge is -2.14. The van der Waals surface area contributed by atoms with Crippen LogP contribution in [0.25, 0.3) is 21.5 Å². The van der Waals surface area contributed by atoms with Crippen LogP contribution in [-0.2, 0) is 30.4 Å². The van der Waals surface area contributed by atoms with Crippen molar-refractivity contribution in [3.8, 4) is 17.2 Å². The van der Waals surface area contributed by atoms with Gasteiger partial charge in [0.15, 0.2) is 5.75 Å². The zero-order valence-corrected chi connectivity index (χ0v) is 33.4. The fourth-order valence-electron chi connectivity index (χ4n) is 5.85. The maximum Gasteiger partial charge on any atom is 0.296 e. The Morgan fingerprint density at radius 3 is 1.53 bits per heavy atom. The van der Waals surface area contributed by atoms with Crippen LogP contribution in [-0.4, -0.2) is 54.2 Å². The number of nitrogens with two attached hydrogens (primary N) is 1. The van der Waals surface area contributed by atoms with Crippen molar-refractivity contribution in [2.24, 2.45) is 40.9 Å². The van der Waals surface area contributed by atoms with Crippen molar-refractivity contribution in [2.45, 2.75) is 14.7 Å². The van der Waals surface area contributed by atoms with Crippen LogP contribution in [0.3, 0.4) is 0 Å². The normalized spacial score (nSPS) is 12.8. The molecule has 0 saturated heterocycles. The molecular formula is C38H27N9O12S3. The van der Waals surface area contributed by atoms with E-state index in [1.165, 1.54) is 66.7 Å². The number of rotatable bonds is 11. The summed E-state index contributed by atoms with van der Waals surface area (Å²) >= 11 is 0. The summed E-state index contributed by atoms with van der Waals surface area (Å²) in [5.41, 5.74) is 5.33. The number of nitrogens with zero attached hydrogens (tertiary/aromatic N) is 8. The molecular weight excluding hydrogens is 871 g/mol. The number of phenols is 3. The van der Waals surface area contributed by atoms with Gasteiger partial charge in [-0.1, -0.05) is 24.3 Å². The lowest BCUT2D eigenvalue weighted by Crippen LogP contribution is -2.03. The first kappa shape index (κ1) is 42.5. The number of nitrogen functional groups attached to an aromatic ring is 1. The van der Waals surface area contributed by atoms with E-state index in [-0.39, 0.29) is 61.8 Å². The molecule has 0 unspecified atom stereocenters. The minimum absolute atomic E-state index is 0.00104. The van der Waals surface area contributed by atoms with Crippen molar-refractivity contribution in [2.75, 3.05) is 5.73 Å². The molecule has 8 N–H and O–H groups in total. The van der Waals surface area contributed by atoms with Gasteiger partial charge >= 0.3 is 0 Å². The van der Waals surface area contributed by atoms with Gasteiger partial charge in [0.05, 0.1) is 44.4 Å². The second kappa shape index (κ2) is 16.4. The minimum atomic E-state index is -5.13. The molecule has 62 heavy (non-hydrogen) atoms. The summed E-state index contributed by atoms with van der Waals surface area (Å²) in [5, 5.41) is 63.0. The Labute approximate surface area is 349 Å². The van der Waals surface area contributed by atoms with Gasteiger partial charge in [0.25, 0.3) is 30.4 Å². The summed E-state index contributed by atoms with van der Waals surface area (Å²) in [5.74, 6) is -1.49. The van der Waals surface area contributed by atoms with E-state index in [0.717, 1.165) is 30.3 Å². The van der Waals surface area contributed by atoms with Crippen molar-refractivity contribution in [3.63, 3.8) is 0 Å². The molecule has 21 nitrogen and oxygen atoms in total. The third-order valence-electron chi connectivity index (χ3n) is 8.74. The monoisotopic (exact) mass is 897 g/mol. The van der Waals surface area contributed by atoms with Crippen LogP contribution in [0.15, 0.2) is 171 Å². The van der Waals surface area contributed by atoms with Crippen LogP contribution in [0.4, 0.5) is 51.2 Å². The van der Waals surface area contributed by atoms with Crippen LogP contribution >= 0.6 is 0 Å². The Balaban J connectivity index is 1.22. The Bertz CT molecular complexity index is 3420. The van der Waals surface area contributed by atoms with E-state index in [1.54, 1.807) is 18.2 Å². The molecule has 0 radical (unpaired) electrons. The Kier molecular flexibility index (Phi) is 11.3. The molecule has 0 heterocycles. The molecule has 7 rings (SSSR count). The SMILES string of the molecule is Nc1c(N=Nc2ccc(N=Nc3ccc(N=Nc4ccc(O)cc4O)c4cc(S(=O)(=O)O)ccc34)cc2)c(S(=O)(=O)O)cc2cc(S(=O)(=O)O)c(N=Nc3ccccc3)c(O)c12. The lowest BCUT2D eigenvalue weighted by molar-refractivity contribution is 0.451. The molecule has 0 bridgehead atoms. The number of hydrogen-bond donors (Lipinski definition) is 7. The summed E-state index contributed by atoms with van der Waals surface area (Å²) < 4.78 is 103. The van der Waals surface area contributed by atoms with Crippen LogP contribution in [0, 0.1) is 0 Å². The van der Waals surface area contributed by atoms with Gasteiger partial charge in [-0.05, 0) is 90.3 Å². The second-order valence-corrected chi connectivity index (χ2v) is 17.1. The maximum atomic E-state index is 12.5. The number of anilines is 1. The first-order valence-corrected chi connectivity index (χ1v) is 21.6. The van der Waals surface area contributed by atoms with Crippen LogP contribution in [0.2, 0.25) is 0 Å². The van der Waals surface area contributed by atoms with E-state index in [0.29, 0.717) is 5.39 Å². The molecule has 7 aromatic rings. The molecule has 314 valence electrons. The average molecular weight is 898 g/mol. The summed E-state index contributed by atoms with van der Waals surface area (Å²) in [6.07, 6.45) is 0. The van der Waals surface area contributed by atoms with Crippen LogP contribution in [0.1, 0.15) is 0 Å². The standard InChI is InChI=1S/C38H27N9O12S3/c39-35-34-20(17-33(62(57,58)59)37(38(34)50)47-41-21-4-2-1-3-5-21)16-32(61(54,55)56)36(35)46-42-23-8-6-22(7-9-23)40-43-28-14-15-29(44-45-30-13-10-24(48)18-31(30)49)27-19-25(60(51,52)53)11-12-26(27)28/h1-19,48-50H,39H2,(H,51,52,53)(H,54,55,56)(H,57,58,59). The first-order chi connectivity index (χ1) is 29.3. The largest absolute Gasteiger partial charge is 0.508 e. The zero-order valence-electron chi connectivity index (χ0n) is 31.0. The van der Waals surface area contributed by atoms with E-state index < -0.39 is 67.9 Å². The maximum absolute atomic E-state index is 12.5. The molecule has 0 aliphatic carbocycles. The van der Waals surface area contributed by atoms with Gasteiger partial charge < -0.3 is 21.1 Å². The van der Waals surface area contributed by atoms with Gasteiger partial charge in [0.1, 0.15) is 38.4 Å². The van der Waals surface area contributed by atoms with Crippen LogP contribution in [0.5, 0.6) is 17.2 Å². The molecule has 0 fully saturated rings. The molecule has 24 heteroatoms. The van der Waals surface area contributed by atoms with Crippen molar-refractivity contribution < 1.29 is 54.2 Å². The molecule has 0 aliphatic heterocycles. The van der Waals surface area contributed by atoms with Gasteiger partial charge in [-0.3, -0.25) is 13.7 Å². The van der Waals surface area contributed by atoms with E-state index in [4.69, 9.17) is 5.73 Å². The fourth-order valence-corrected chi connectivity index (χ4v) is 7.68. The molecule has 0 saturated carbocycles. The highest BCUT2D eigenvalue weighted by Gasteiger charge is 2.28. The molecule has 0 spiro atoms. The Morgan fingerprint density at radius 1 is 0.452 bits per heavy atom. The second-order valence-electron chi connectivity index (χ2n) is 12.9. The van der Waals surface area contributed by atoms with Crippen molar-refractivity contribution >= 4 is 103 Å². The predicted octanol–water partition coefficient (Wildman–Crippen LogP) is 10.1. The summed E-state index contributed by atoms with van der Waals surface area (Å²) in [4.78, 5) is -2.31. The highest BCUT2D eigenvalue weighted by Crippen LogP contribution is 2.48. The van der Waals surface area contributed by atoms with E-state index in [2.05, 4.69) is 40.9 Å². The van der Waals surface area contributed by atoms with Gasteiger partial charge in [0.2, 0.25) is 0 Å². The van der Waals surface area contributed by atoms with Gasteiger partial charge in [-0.25, -0.2) is 0 Å². The zero-order chi connectivity index (χ0) is 44.6. The summed E-state index contributed by atoms with van der Waals surface area (Å²) in [7, 11) is -14.9. The quantitative estimate of drug-likeness (QED) is 0.0361. The third kappa shape index (κ3) is 9.09. The molecule has 0 aromatic heterocycles. The summed E-state index contributed by atoms with van der Waals surface area (Å²) in [6.45, 7) is 0. The summed E-state index contributed by atoms with van der Waals surface area (Å²) in [6, 6.07) is 25.5. The topological polar surface area (TPSA) is 349 Å². The first-order valence-electron chi connectivity index (χ1n) is 17.2. The van der Waals surface area contributed by atoms with Crippen molar-refractivity contribution in [1.82, 2.24) is 0 Å². The van der Waals surface area contributed by atoms with E-state index >= 15 is 0 Å². The lowest BCUT2D eigenvalue weighted by atomic mass is 10.1. The molecule has 0 amide bonds. The van der Waals surface area contributed by atoms with Crippen LogP contribution < -0.4 is 5.73 Å². The number of phenolic OH excluding ortho intramolecular Hbond substituents is 3. The molecule has 0 aliphatic rings. The van der Waals surface area contributed by atoms with Gasteiger partial charge in [-0.2, -0.15) is 40.6 Å². The van der Waals surface area contributed by atoms with Gasteiger partial charge in [0, 0.05) is 16.8 Å². The molecule has 7 aromatic carbocycles. The number of fused-ring (bicyclic) bond motifs is 2. The smallest absolute Gasteiger partial charge is 0.296 e. The Hall–Kier alpha value is -7.61. The van der Waals surface area contributed by atoms with Crippen molar-refractivity contribution in [1.29, 1.82) is 0 Å². The predicted molar refractivity (Wildman–Crippen MR) is 223 cm³/mol. The fraction of sp³-hybridized carbons (Fsp3) is 0. The average Bonchev–Trinajstić information content (AvgIpc) is 3.21. The number of aromatic hydroxyl groups is 3. The number of benzene rings is 7. The van der Waals surface area contributed by atoms with Gasteiger partial charge in [-0.15, -0.1) is 25.6 Å². The highest BCUT2D eigenvalue weighted by atomic mass is 32.2. The number of azo groups is 4. The Morgan fingerprint density at radius 2 is 0.952 bits per heavy atom.